The number of halogens is 1. The number of ether oxygens (including phenoxy) is 1. The SMILES string of the molecule is CCOc1nc(-c2ccc(F)cc2)c(C2CC2)cc1CN1CC2(CC(N3CCC(C)(C(=O)O)CC3)=NO2)C1. The molecule has 2 aromatic rings. The van der Waals surface area contributed by atoms with E-state index in [0.717, 1.165) is 55.0 Å². The van der Waals surface area contributed by atoms with Crippen molar-refractivity contribution in [2.75, 3.05) is 32.8 Å². The Bertz CT molecular complexity index is 1250. The Balaban J connectivity index is 1.12. The van der Waals surface area contributed by atoms with E-state index in [1.54, 1.807) is 12.1 Å². The van der Waals surface area contributed by atoms with Crippen LogP contribution in [-0.4, -0.2) is 70.1 Å². The van der Waals surface area contributed by atoms with Crippen LogP contribution >= 0.6 is 0 Å². The van der Waals surface area contributed by atoms with Crippen molar-refractivity contribution in [3.63, 3.8) is 0 Å². The molecule has 3 aliphatic heterocycles. The summed E-state index contributed by atoms with van der Waals surface area (Å²) in [6, 6.07) is 8.78. The van der Waals surface area contributed by atoms with Crippen molar-refractivity contribution < 1.29 is 23.9 Å². The van der Waals surface area contributed by atoms with E-state index in [1.165, 1.54) is 17.7 Å². The first kappa shape index (κ1) is 25.1. The lowest BCUT2D eigenvalue weighted by Crippen LogP contribution is -2.61. The topological polar surface area (TPSA) is 87.5 Å². The van der Waals surface area contributed by atoms with Gasteiger partial charge < -0.3 is 19.6 Å². The molecule has 4 heterocycles. The summed E-state index contributed by atoms with van der Waals surface area (Å²) in [4.78, 5) is 27.0. The van der Waals surface area contributed by atoms with Crippen molar-refractivity contribution in [3.8, 4) is 17.1 Å². The average Bonchev–Trinajstić information content (AvgIpc) is 3.64. The third-order valence-corrected chi connectivity index (χ3v) is 8.50. The molecule has 1 aromatic carbocycles. The minimum Gasteiger partial charge on any atom is -0.481 e. The number of hydrogen-bond acceptors (Lipinski definition) is 7. The van der Waals surface area contributed by atoms with Crippen LogP contribution in [0.1, 0.15) is 63.0 Å². The fraction of sp³-hybridized carbons (Fsp3) is 0.552. The van der Waals surface area contributed by atoms with E-state index in [0.29, 0.717) is 50.9 Å². The molecule has 8 nitrogen and oxygen atoms in total. The predicted molar refractivity (Wildman–Crippen MR) is 140 cm³/mol. The largest absolute Gasteiger partial charge is 0.481 e. The van der Waals surface area contributed by atoms with Crippen LogP contribution < -0.4 is 4.74 Å². The lowest BCUT2D eigenvalue weighted by Gasteiger charge is -2.45. The van der Waals surface area contributed by atoms with E-state index in [4.69, 9.17) is 14.6 Å². The number of carboxylic acid groups (broad SMARTS) is 1. The third-order valence-electron chi connectivity index (χ3n) is 8.50. The Morgan fingerprint density at radius 1 is 1.21 bits per heavy atom. The maximum atomic E-state index is 13.5. The number of carboxylic acids is 1. The first-order valence-electron chi connectivity index (χ1n) is 13.7. The van der Waals surface area contributed by atoms with Gasteiger partial charge in [-0.2, -0.15) is 0 Å². The monoisotopic (exact) mass is 522 g/mol. The number of oxime groups is 1. The first-order valence-corrected chi connectivity index (χ1v) is 13.7. The van der Waals surface area contributed by atoms with Gasteiger partial charge in [-0.25, -0.2) is 9.37 Å². The molecule has 1 aromatic heterocycles. The van der Waals surface area contributed by atoms with Gasteiger partial charge in [0.2, 0.25) is 5.88 Å². The molecule has 9 heteroatoms. The van der Waals surface area contributed by atoms with Gasteiger partial charge >= 0.3 is 5.97 Å². The van der Waals surface area contributed by atoms with Crippen molar-refractivity contribution >= 4 is 11.8 Å². The molecule has 1 saturated carbocycles. The Morgan fingerprint density at radius 3 is 2.55 bits per heavy atom. The van der Waals surface area contributed by atoms with Crippen molar-refractivity contribution in [1.29, 1.82) is 0 Å². The Morgan fingerprint density at radius 2 is 1.92 bits per heavy atom. The van der Waals surface area contributed by atoms with Gasteiger partial charge in [0.1, 0.15) is 11.7 Å². The highest BCUT2D eigenvalue weighted by Crippen LogP contribution is 2.46. The highest BCUT2D eigenvalue weighted by atomic mass is 19.1. The molecule has 0 amide bonds. The maximum absolute atomic E-state index is 13.5. The van der Waals surface area contributed by atoms with Gasteiger partial charge in [0.15, 0.2) is 5.60 Å². The zero-order chi connectivity index (χ0) is 26.5. The molecule has 0 bridgehead atoms. The van der Waals surface area contributed by atoms with E-state index in [2.05, 4.69) is 21.0 Å². The van der Waals surface area contributed by atoms with Crippen LogP contribution in [0, 0.1) is 11.2 Å². The number of pyridine rings is 1. The number of piperidine rings is 1. The number of carbonyl (C=O) groups is 1. The second-order valence-electron chi connectivity index (χ2n) is 11.6. The van der Waals surface area contributed by atoms with Crippen LogP contribution in [0.25, 0.3) is 11.3 Å². The number of amidine groups is 1. The minimum absolute atomic E-state index is 0.254. The second-order valence-corrected chi connectivity index (χ2v) is 11.6. The molecule has 38 heavy (non-hydrogen) atoms. The number of aromatic nitrogens is 1. The predicted octanol–water partition coefficient (Wildman–Crippen LogP) is 4.64. The summed E-state index contributed by atoms with van der Waals surface area (Å²) in [5.74, 6) is 1.09. The normalized spacial score (nSPS) is 22.1. The molecule has 0 radical (unpaired) electrons. The van der Waals surface area contributed by atoms with Crippen LogP contribution in [0.2, 0.25) is 0 Å². The second kappa shape index (κ2) is 9.52. The van der Waals surface area contributed by atoms with Crippen molar-refractivity contribution in [3.05, 3.63) is 47.3 Å². The van der Waals surface area contributed by atoms with Gasteiger partial charge in [-0.3, -0.25) is 9.69 Å². The lowest BCUT2D eigenvalue weighted by atomic mass is 9.80. The van der Waals surface area contributed by atoms with Crippen LogP contribution in [0.4, 0.5) is 4.39 Å². The Labute approximate surface area is 222 Å². The zero-order valence-corrected chi connectivity index (χ0v) is 22.1. The molecule has 0 unspecified atom stereocenters. The van der Waals surface area contributed by atoms with E-state index in [-0.39, 0.29) is 11.4 Å². The Hall–Kier alpha value is -3.20. The number of aliphatic carboxylic acids is 1. The van der Waals surface area contributed by atoms with E-state index < -0.39 is 11.4 Å². The van der Waals surface area contributed by atoms with Crippen LogP contribution in [-0.2, 0) is 16.2 Å². The molecule has 1 spiro atoms. The zero-order valence-electron chi connectivity index (χ0n) is 22.1. The molecule has 2 saturated heterocycles. The molecule has 1 aliphatic carbocycles. The van der Waals surface area contributed by atoms with Crippen LogP contribution in [0.5, 0.6) is 5.88 Å². The van der Waals surface area contributed by atoms with Gasteiger partial charge in [-0.05, 0) is 81.3 Å². The summed E-state index contributed by atoms with van der Waals surface area (Å²) in [5, 5.41) is 13.9. The molecule has 6 rings (SSSR count). The standard InChI is InChI=1S/C29H35FN4O4/c1-3-37-26-21(14-23(19-4-5-19)25(31-26)20-6-8-22(30)9-7-20)16-33-17-29(18-33)15-24(32-38-29)34-12-10-28(2,11-13-34)27(35)36/h6-9,14,19H,3-5,10-13,15-18H2,1-2H3,(H,35,36). The van der Waals surface area contributed by atoms with Gasteiger partial charge in [-0.15, -0.1) is 0 Å². The number of hydrogen-bond donors (Lipinski definition) is 1. The quantitative estimate of drug-likeness (QED) is 0.567. The number of nitrogens with zero attached hydrogens (tertiary/aromatic N) is 4. The fourth-order valence-electron chi connectivity index (χ4n) is 5.91. The molecule has 4 aliphatic rings. The first-order chi connectivity index (χ1) is 18.3. The minimum atomic E-state index is -0.718. The number of likely N-dealkylation sites (tertiary alicyclic amines) is 2. The van der Waals surface area contributed by atoms with E-state index in [9.17, 15) is 14.3 Å². The van der Waals surface area contributed by atoms with Crippen molar-refractivity contribution in [2.24, 2.45) is 10.6 Å². The number of rotatable bonds is 7. The summed E-state index contributed by atoms with van der Waals surface area (Å²) < 4.78 is 19.5. The highest BCUT2D eigenvalue weighted by molar-refractivity contribution is 5.85. The summed E-state index contributed by atoms with van der Waals surface area (Å²) in [6.07, 6.45) is 4.27. The molecule has 1 N–H and O–H groups in total. The summed E-state index contributed by atoms with van der Waals surface area (Å²) in [5.41, 5.74) is 3.12. The van der Waals surface area contributed by atoms with E-state index in [1.807, 2.05) is 13.8 Å². The summed E-state index contributed by atoms with van der Waals surface area (Å²) in [6.45, 7) is 7.95. The third kappa shape index (κ3) is 4.72. The van der Waals surface area contributed by atoms with Crippen molar-refractivity contribution in [2.45, 2.75) is 64.0 Å². The van der Waals surface area contributed by atoms with Gasteiger partial charge in [0, 0.05) is 43.9 Å². The fourth-order valence-corrected chi connectivity index (χ4v) is 5.91. The molecule has 0 atom stereocenters. The van der Waals surface area contributed by atoms with Crippen molar-refractivity contribution in [1.82, 2.24) is 14.8 Å². The van der Waals surface area contributed by atoms with Gasteiger partial charge in [-0.1, -0.05) is 5.16 Å². The molecule has 202 valence electrons. The average molecular weight is 523 g/mol. The summed E-state index contributed by atoms with van der Waals surface area (Å²) in [7, 11) is 0. The smallest absolute Gasteiger partial charge is 0.309 e. The lowest BCUT2D eigenvalue weighted by molar-refractivity contribution is -0.150. The van der Waals surface area contributed by atoms with Gasteiger partial charge in [0.25, 0.3) is 0 Å². The molecule has 3 fully saturated rings. The van der Waals surface area contributed by atoms with Crippen LogP contribution in [0.15, 0.2) is 35.5 Å². The highest BCUT2D eigenvalue weighted by Gasteiger charge is 2.51. The summed E-state index contributed by atoms with van der Waals surface area (Å²) >= 11 is 0. The van der Waals surface area contributed by atoms with Gasteiger partial charge in [0.05, 0.1) is 24.1 Å². The maximum Gasteiger partial charge on any atom is 0.309 e. The number of benzene rings is 1. The molecular weight excluding hydrogens is 487 g/mol. The Kier molecular flexibility index (Phi) is 6.29. The van der Waals surface area contributed by atoms with E-state index >= 15 is 0 Å². The molecular formula is C29H35FN4O4. The van der Waals surface area contributed by atoms with Crippen LogP contribution in [0.3, 0.4) is 0 Å².